The van der Waals surface area contributed by atoms with E-state index in [0.717, 1.165) is 16.7 Å². The lowest BCUT2D eigenvalue weighted by atomic mass is 9.90. The molecular weight excluding hydrogens is 753 g/mol. The average Bonchev–Trinajstić information content (AvgIpc) is 3.22. The number of benzene rings is 6. The van der Waals surface area contributed by atoms with Gasteiger partial charge in [-0.25, -0.2) is 0 Å². The van der Waals surface area contributed by atoms with Crippen LogP contribution in [0.3, 0.4) is 0 Å². The Morgan fingerprint density at radius 3 is 1.26 bits per heavy atom. The maximum Gasteiger partial charge on any atom is 0.295 e. The minimum absolute atomic E-state index is 0.192. The number of hydrogen-bond donors (Lipinski definition) is 1. The molecule has 0 saturated heterocycles. The van der Waals surface area contributed by atoms with Crippen LogP contribution < -0.4 is 23.7 Å². The van der Waals surface area contributed by atoms with E-state index < -0.39 is 29.0 Å². The van der Waals surface area contributed by atoms with E-state index in [1.165, 1.54) is 0 Å². The Morgan fingerprint density at radius 2 is 0.845 bits per heavy atom. The molecular formula is C48H44O9S. The van der Waals surface area contributed by atoms with Crippen LogP contribution in [0.1, 0.15) is 39.2 Å². The van der Waals surface area contributed by atoms with Crippen LogP contribution in [0.2, 0.25) is 0 Å². The van der Waals surface area contributed by atoms with Crippen molar-refractivity contribution < 1.29 is 41.4 Å². The number of para-hydroxylation sites is 3. The smallest absolute Gasteiger partial charge is 0.295 e. The summed E-state index contributed by atoms with van der Waals surface area (Å²) in [5.74, 6) is 3.87. The van der Waals surface area contributed by atoms with Crippen LogP contribution in [0.15, 0.2) is 174 Å². The fourth-order valence-corrected chi connectivity index (χ4v) is 7.57. The van der Waals surface area contributed by atoms with Crippen molar-refractivity contribution in [3.63, 3.8) is 0 Å². The van der Waals surface area contributed by atoms with Crippen molar-refractivity contribution in [3.05, 3.63) is 175 Å². The van der Waals surface area contributed by atoms with E-state index in [-0.39, 0.29) is 4.90 Å². The highest BCUT2D eigenvalue weighted by atomic mass is 32.2. The second kappa shape index (κ2) is 18.2. The molecule has 9 nitrogen and oxygen atoms in total. The van der Waals surface area contributed by atoms with Crippen LogP contribution in [-0.4, -0.2) is 31.8 Å². The Hall–Kier alpha value is -6.49. The van der Waals surface area contributed by atoms with E-state index >= 15 is 0 Å². The summed E-state index contributed by atoms with van der Waals surface area (Å²) in [6.45, 7) is 5.43. The van der Waals surface area contributed by atoms with Crippen LogP contribution in [0.25, 0.3) is 27.8 Å². The van der Waals surface area contributed by atoms with Crippen LogP contribution in [-0.2, 0) is 14.9 Å². The molecule has 0 saturated carbocycles. The fraction of sp³-hybridized carbons (Fsp3) is 0.167. The Morgan fingerprint density at radius 1 is 0.448 bits per heavy atom. The lowest BCUT2D eigenvalue weighted by Gasteiger charge is -2.23. The van der Waals surface area contributed by atoms with E-state index in [4.69, 9.17) is 28.4 Å². The van der Waals surface area contributed by atoms with Crippen molar-refractivity contribution in [2.45, 2.75) is 57.4 Å². The van der Waals surface area contributed by atoms with Gasteiger partial charge >= 0.3 is 0 Å². The first-order chi connectivity index (χ1) is 28.1. The maximum atomic E-state index is 13.4. The van der Waals surface area contributed by atoms with Gasteiger partial charge in [-0.3, -0.25) is 4.55 Å². The molecule has 6 aromatic rings. The van der Waals surface area contributed by atoms with Crippen molar-refractivity contribution >= 4 is 15.7 Å². The summed E-state index contributed by atoms with van der Waals surface area (Å²) >= 11 is 0. The third-order valence-electron chi connectivity index (χ3n) is 9.21. The first kappa shape index (κ1) is 39.7. The van der Waals surface area contributed by atoms with Gasteiger partial charge in [-0.1, -0.05) is 84.9 Å². The van der Waals surface area contributed by atoms with E-state index in [1.807, 2.05) is 141 Å². The van der Waals surface area contributed by atoms with Gasteiger partial charge in [0, 0.05) is 32.8 Å². The fourth-order valence-electron chi connectivity index (χ4n) is 6.65. The monoisotopic (exact) mass is 796 g/mol. The van der Waals surface area contributed by atoms with Crippen molar-refractivity contribution in [3.8, 4) is 51.0 Å². The normalized spacial score (nSPS) is 14.2. The number of hydrogen-bond acceptors (Lipinski definition) is 8. The molecule has 0 bridgehead atoms. The quantitative estimate of drug-likeness (QED) is 0.0756. The van der Waals surface area contributed by atoms with Crippen molar-refractivity contribution in [1.82, 2.24) is 0 Å². The maximum absolute atomic E-state index is 13.4. The standard InChI is InChI=1S/C48H44O9S/c1-33(52-40-13-7-4-8-14-40)55-43-25-19-36(20-26-43)39-31-46(37-21-27-44(28-22-37)56-34(2)53-41-15-9-5-10-16-41)48(58(49,50)51)47(32-39)38-23-29-45(30-24-38)57-35(3)54-42-17-11-6-12-18-42/h4-23,25-29,31-35H,24,30H2,1-3H3,(H,49,50,51)/t33-,34?,35?/m0/s1. The highest BCUT2D eigenvalue weighted by molar-refractivity contribution is 7.86. The zero-order valence-corrected chi connectivity index (χ0v) is 33.2. The largest absolute Gasteiger partial charge is 0.460 e. The Bertz CT molecular complexity index is 2450. The number of ether oxygens (including phenoxy) is 6. The molecule has 0 heterocycles. The molecule has 0 fully saturated rings. The van der Waals surface area contributed by atoms with Crippen LogP contribution in [0.4, 0.5) is 0 Å². The zero-order valence-electron chi connectivity index (χ0n) is 32.4. The van der Waals surface area contributed by atoms with Gasteiger partial charge in [0.15, 0.2) is 0 Å². The molecule has 1 N–H and O–H groups in total. The van der Waals surface area contributed by atoms with Gasteiger partial charge in [0.1, 0.15) is 39.4 Å². The molecule has 0 aliphatic heterocycles. The van der Waals surface area contributed by atoms with Crippen LogP contribution >= 0.6 is 0 Å². The minimum Gasteiger partial charge on any atom is -0.460 e. The highest BCUT2D eigenvalue weighted by Crippen LogP contribution is 2.41. The third-order valence-corrected chi connectivity index (χ3v) is 10.2. The van der Waals surface area contributed by atoms with E-state index in [1.54, 1.807) is 43.3 Å². The van der Waals surface area contributed by atoms with Gasteiger partial charge in [0.25, 0.3) is 10.1 Å². The first-order valence-electron chi connectivity index (χ1n) is 19.0. The SMILES string of the molecule is CC(OC1=CC=C(c2cc(-c3ccc(O[C@@H](C)Oc4ccccc4)cc3)cc(-c3ccc(OC(C)Oc4ccccc4)cc3)c2S(=O)(=O)O)CC1)Oc1ccccc1. The van der Waals surface area contributed by atoms with Crippen molar-refractivity contribution in [2.75, 3.05) is 0 Å². The van der Waals surface area contributed by atoms with Gasteiger partial charge in [0.2, 0.25) is 18.9 Å². The van der Waals surface area contributed by atoms with Gasteiger partial charge in [-0.2, -0.15) is 8.42 Å². The summed E-state index contributed by atoms with van der Waals surface area (Å²) in [7, 11) is -4.74. The third kappa shape index (κ3) is 10.5. The Kier molecular flexibility index (Phi) is 12.5. The van der Waals surface area contributed by atoms with Gasteiger partial charge < -0.3 is 28.4 Å². The summed E-state index contributed by atoms with van der Waals surface area (Å²) in [5.41, 5.74) is 3.54. The summed E-state index contributed by atoms with van der Waals surface area (Å²) in [4.78, 5) is -0.192. The summed E-state index contributed by atoms with van der Waals surface area (Å²) in [6.07, 6.45) is 2.90. The molecule has 3 atom stereocenters. The molecule has 1 aliphatic rings. The molecule has 0 radical (unpaired) electrons. The Labute approximate surface area is 339 Å². The molecule has 0 spiro atoms. The summed E-state index contributed by atoms with van der Waals surface area (Å²) in [6, 6.07) is 46.3. The predicted octanol–water partition coefficient (Wildman–Crippen LogP) is 11.4. The molecule has 296 valence electrons. The van der Waals surface area contributed by atoms with Crippen molar-refractivity contribution in [1.29, 1.82) is 0 Å². The second-order valence-electron chi connectivity index (χ2n) is 13.6. The molecule has 2 unspecified atom stereocenters. The van der Waals surface area contributed by atoms with E-state index in [0.29, 0.717) is 64.0 Å². The van der Waals surface area contributed by atoms with Crippen LogP contribution in [0.5, 0.6) is 28.7 Å². The number of allylic oxidation sites excluding steroid dienone is 4. The molecule has 0 aromatic heterocycles. The molecule has 1 aliphatic carbocycles. The topological polar surface area (TPSA) is 110 Å². The average molecular weight is 797 g/mol. The minimum atomic E-state index is -4.74. The molecule has 0 amide bonds. The van der Waals surface area contributed by atoms with Crippen molar-refractivity contribution in [2.24, 2.45) is 0 Å². The lowest BCUT2D eigenvalue weighted by Crippen LogP contribution is -2.19. The molecule has 10 heteroatoms. The molecule has 6 aromatic carbocycles. The van der Waals surface area contributed by atoms with Gasteiger partial charge in [0.05, 0.1) is 0 Å². The van der Waals surface area contributed by atoms with Gasteiger partial charge in [-0.15, -0.1) is 0 Å². The Balaban J connectivity index is 1.20. The summed E-state index contributed by atoms with van der Waals surface area (Å²) in [5, 5.41) is 0. The predicted molar refractivity (Wildman–Crippen MR) is 224 cm³/mol. The van der Waals surface area contributed by atoms with Gasteiger partial charge in [-0.05, 0) is 113 Å². The molecule has 7 rings (SSSR count). The molecule has 58 heavy (non-hydrogen) atoms. The van der Waals surface area contributed by atoms with Crippen LogP contribution in [0, 0.1) is 0 Å². The van der Waals surface area contributed by atoms with E-state index in [9.17, 15) is 13.0 Å². The number of rotatable bonds is 16. The first-order valence-corrected chi connectivity index (χ1v) is 20.4. The second-order valence-corrected chi connectivity index (χ2v) is 15.0. The highest BCUT2D eigenvalue weighted by Gasteiger charge is 2.26. The lowest BCUT2D eigenvalue weighted by molar-refractivity contribution is -0.0321. The zero-order chi connectivity index (χ0) is 40.5. The van der Waals surface area contributed by atoms with E-state index in [2.05, 4.69) is 0 Å². The summed E-state index contributed by atoms with van der Waals surface area (Å²) < 4.78 is 73.5.